The van der Waals surface area contributed by atoms with Crippen LogP contribution in [-0.2, 0) is 4.79 Å². The van der Waals surface area contributed by atoms with E-state index in [1.54, 1.807) is 6.20 Å². The molecule has 1 N–H and O–H groups in total. The summed E-state index contributed by atoms with van der Waals surface area (Å²) in [4.78, 5) is 15.4. The second-order valence-electron chi connectivity index (χ2n) is 3.87. The fourth-order valence-electron chi connectivity index (χ4n) is 1.88. The van der Waals surface area contributed by atoms with Crippen molar-refractivity contribution < 1.29 is 4.79 Å². The van der Waals surface area contributed by atoms with Gasteiger partial charge in [-0.05, 0) is 23.9 Å². The number of aromatic nitrogens is 1. The lowest BCUT2D eigenvalue weighted by Crippen LogP contribution is -2.27. The van der Waals surface area contributed by atoms with Crippen molar-refractivity contribution in [3.8, 4) is 0 Å². The smallest absolute Gasteiger partial charge is 0.235 e. The minimum atomic E-state index is -0.162. The van der Waals surface area contributed by atoms with E-state index in [4.69, 9.17) is 11.6 Å². The maximum absolute atomic E-state index is 11.3. The zero-order valence-corrected chi connectivity index (χ0v) is 11.5. The Morgan fingerprint density at radius 1 is 1.44 bits per heavy atom. The predicted molar refractivity (Wildman–Crippen MR) is 76.3 cm³/mol. The Bertz CT molecular complexity index is 540. The normalized spacial score (nSPS) is 11.7. The van der Waals surface area contributed by atoms with Gasteiger partial charge in [0, 0.05) is 17.8 Å². The molecule has 1 amide bonds. The van der Waals surface area contributed by atoms with Crippen molar-refractivity contribution in [3.05, 3.63) is 42.2 Å². The van der Waals surface area contributed by atoms with E-state index in [1.807, 2.05) is 37.4 Å². The topological polar surface area (TPSA) is 42.0 Å². The summed E-state index contributed by atoms with van der Waals surface area (Å²) >= 11 is 5.48. The van der Waals surface area contributed by atoms with Gasteiger partial charge in [-0.2, -0.15) is 0 Å². The molecule has 0 aliphatic rings. The molecule has 5 heteroatoms. The molecule has 1 atom stereocenters. The van der Waals surface area contributed by atoms with Crippen LogP contribution in [0.3, 0.4) is 0 Å². The molecular weight excluding hydrogens is 271 g/mol. The first-order chi connectivity index (χ1) is 8.22. The van der Waals surface area contributed by atoms with E-state index in [0.717, 1.165) is 16.3 Å². The molecule has 1 heterocycles. The van der Waals surface area contributed by atoms with Crippen molar-refractivity contribution in [2.24, 2.45) is 0 Å². The van der Waals surface area contributed by atoms with Crippen LogP contribution in [0.25, 0.3) is 10.8 Å². The number of nitrogens with zero attached hydrogens (tertiary/aromatic N) is 1. The molecule has 2 aromatic rings. The fourth-order valence-corrected chi connectivity index (χ4v) is 1.96. The van der Waals surface area contributed by atoms with Crippen LogP contribution >= 0.6 is 24.0 Å². The summed E-state index contributed by atoms with van der Waals surface area (Å²) in [6, 6.07) is 7.85. The van der Waals surface area contributed by atoms with Crippen LogP contribution in [0.5, 0.6) is 0 Å². The van der Waals surface area contributed by atoms with Crippen LogP contribution in [-0.4, -0.2) is 16.8 Å². The number of fused-ring (bicyclic) bond motifs is 1. The summed E-state index contributed by atoms with van der Waals surface area (Å²) in [6.45, 7) is 1.94. The molecule has 0 aliphatic heterocycles. The van der Waals surface area contributed by atoms with Crippen molar-refractivity contribution in [2.75, 3.05) is 5.88 Å². The van der Waals surface area contributed by atoms with E-state index < -0.39 is 0 Å². The Morgan fingerprint density at radius 3 is 2.94 bits per heavy atom. The van der Waals surface area contributed by atoms with Gasteiger partial charge in [-0.3, -0.25) is 9.78 Å². The third kappa shape index (κ3) is 3.12. The number of nitrogens with one attached hydrogen (secondary N) is 1. The van der Waals surface area contributed by atoms with Gasteiger partial charge in [-0.1, -0.05) is 18.2 Å². The summed E-state index contributed by atoms with van der Waals surface area (Å²) in [5.74, 6) is -0.179. The predicted octanol–water partition coefficient (Wildman–Crippen LogP) is 3.07. The molecular formula is C13H14Cl2N2O. The zero-order chi connectivity index (χ0) is 12.3. The molecule has 3 nitrogen and oxygen atoms in total. The standard InChI is InChI=1S/C13H13ClN2O.ClH/c1-9(16-13(17)7-14)11-4-2-3-10-8-15-6-5-12(10)11;/h2-6,8-9H,7H2,1H3,(H,16,17);1H/t9-;/m0./s1. The lowest BCUT2D eigenvalue weighted by Gasteiger charge is -2.15. The van der Waals surface area contributed by atoms with Gasteiger partial charge in [0.25, 0.3) is 0 Å². The van der Waals surface area contributed by atoms with Gasteiger partial charge in [0.2, 0.25) is 5.91 Å². The highest BCUT2D eigenvalue weighted by atomic mass is 35.5. The Balaban J connectivity index is 0.00000162. The van der Waals surface area contributed by atoms with Gasteiger partial charge >= 0.3 is 0 Å². The SMILES string of the molecule is C[C@H](NC(=O)CCl)c1cccc2cnccc12.Cl. The van der Waals surface area contributed by atoms with E-state index in [1.165, 1.54) is 0 Å². The van der Waals surface area contributed by atoms with Gasteiger partial charge in [-0.25, -0.2) is 0 Å². The minimum absolute atomic E-state index is 0. The van der Waals surface area contributed by atoms with Crippen molar-refractivity contribution in [1.29, 1.82) is 0 Å². The number of hydrogen-bond donors (Lipinski definition) is 1. The Hall–Kier alpha value is -1.32. The molecule has 0 aliphatic carbocycles. The third-order valence-electron chi connectivity index (χ3n) is 2.68. The van der Waals surface area contributed by atoms with E-state index in [2.05, 4.69) is 10.3 Å². The van der Waals surface area contributed by atoms with Crippen molar-refractivity contribution >= 4 is 40.7 Å². The second-order valence-corrected chi connectivity index (χ2v) is 4.13. The highest BCUT2D eigenvalue weighted by molar-refractivity contribution is 6.27. The average Bonchev–Trinajstić information content (AvgIpc) is 2.37. The van der Waals surface area contributed by atoms with E-state index >= 15 is 0 Å². The molecule has 0 saturated carbocycles. The maximum Gasteiger partial charge on any atom is 0.235 e. The summed E-state index contributed by atoms with van der Waals surface area (Å²) in [7, 11) is 0. The first-order valence-electron chi connectivity index (χ1n) is 5.40. The molecule has 1 aromatic carbocycles. The average molecular weight is 285 g/mol. The summed E-state index contributed by atoms with van der Waals surface area (Å²) in [5.41, 5.74) is 1.07. The number of carbonyl (C=O) groups is 1. The van der Waals surface area contributed by atoms with E-state index in [-0.39, 0.29) is 30.2 Å². The highest BCUT2D eigenvalue weighted by Crippen LogP contribution is 2.23. The van der Waals surface area contributed by atoms with Crippen molar-refractivity contribution in [3.63, 3.8) is 0 Å². The molecule has 2 rings (SSSR count). The molecule has 0 unspecified atom stereocenters. The molecule has 1 aromatic heterocycles. The fraction of sp³-hybridized carbons (Fsp3) is 0.231. The van der Waals surface area contributed by atoms with Gasteiger partial charge in [-0.15, -0.1) is 24.0 Å². The Labute approximate surface area is 117 Å². The molecule has 0 spiro atoms. The largest absolute Gasteiger partial charge is 0.349 e. The molecule has 18 heavy (non-hydrogen) atoms. The molecule has 0 radical (unpaired) electrons. The highest BCUT2D eigenvalue weighted by Gasteiger charge is 2.11. The second kappa shape index (κ2) is 6.57. The minimum Gasteiger partial charge on any atom is -0.349 e. The van der Waals surface area contributed by atoms with Gasteiger partial charge in [0.05, 0.1) is 6.04 Å². The number of hydrogen-bond acceptors (Lipinski definition) is 2. The Morgan fingerprint density at radius 2 is 2.22 bits per heavy atom. The molecule has 96 valence electrons. The first-order valence-corrected chi connectivity index (χ1v) is 5.94. The van der Waals surface area contributed by atoms with Gasteiger partial charge in [0.15, 0.2) is 0 Å². The number of pyridine rings is 1. The van der Waals surface area contributed by atoms with Gasteiger partial charge in [0.1, 0.15) is 5.88 Å². The van der Waals surface area contributed by atoms with Crippen LogP contribution in [0.15, 0.2) is 36.7 Å². The summed E-state index contributed by atoms with van der Waals surface area (Å²) in [6.07, 6.45) is 3.57. The van der Waals surface area contributed by atoms with E-state index in [0.29, 0.717) is 0 Å². The van der Waals surface area contributed by atoms with E-state index in [9.17, 15) is 4.79 Å². The number of benzene rings is 1. The van der Waals surface area contributed by atoms with Gasteiger partial charge < -0.3 is 5.32 Å². The van der Waals surface area contributed by atoms with Crippen molar-refractivity contribution in [2.45, 2.75) is 13.0 Å². The van der Waals surface area contributed by atoms with Crippen LogP contribution in [0.4, 0.5) is 0 Å². The molecule has 0 saturated heterocycles. The Kier molecular flexibility index (Phi) is 5.38. The quantitative estimate of drug-likeness (QED) is 0.881. The van der Waals surface area contributed by atoms with Crippen LogP contribution in [0.1, 0.15) is 18.5 Å². The number of carbonyl (C=O) groups excluding carboxylic acids is 1. The van der Waals surface area contributed by atoms with Crippen LogP contribution in [0, 0.1) is 0 Å². The summed E-state index contributed by atoms with van der Waals surface area (Å²) in [5, 5.41) is 5.02. The number of amides is 1. The first kappa shape index (κ1) is 14.7. The number of halogens is 2. The van der Waals surface area contributed by atoms with Crippen LogP contribution in [0.2, 0.25) is 0 Å². The zero-order valence-electron chi connectivity index (χ0n) is 9.89. The molecule has 0 fully saturated rings. The number of alkyl halides is 1. The number of rotatable bonds is 3. The third-order valence-corrected chi connectivity index (χ3v) is 2.92. The summed E-state index contributed by atoms with van der Waals surface area (Å²) < 4.78 is 0. The van der Waals surface area contributed by atoms with Crippen molar-refractivity contribution in [1.82, 2.24) is 10.3 Å². The maximum atomic E-state index is 11.3. The molecule has 0 bridgehead atoms. The lowest BCUT2D eigenvalue weighted by molar-refractivity contribution is -0.119. The lowest BCUT2D eigenvalue weighted by atomic mass is 10.0. The van der Waals surface area contributed by atoms with Crippen LogP contribution < -0.4 is 5.32 Å². The monoisotopic (exact) mass is 284 g/mol.